The Balaban J connectivity index is 1.69. The van der Waals surface area contributed by atoms with Crippen LogP contribution in [-0.2, 0) is 5.60 Å². The third-order valence-corrected chi connectivity index (χ3v) is 6.47. The lowest BCUT2D eigenvalue weighted by Gasteiger charge is -2.31. The van der Waals surface area contributed by atoms with E-state index in [0.717, 1.165) is 6.07 Å². The van der Waals surface area contributed by atoms with Crippen molar-refractivity contribution in [3.63, 3.8) is 0 Å². The number of benzene rings is 2. The molecule has 2 atom stereocenters. The SMILES string of the molecule is COc1cc(C(=O)NCC(O)(c2cc3c(c(-c4ccc(C#N)cc4)n2)OCC3C)C(F)(F)F)ccc1OCCO. The first-order valence-corrected chi connectivity index (χ1v) is 12.2. The summed E-state index contributed by atoms with van der Waals surface area (Å²) < 4.78 is 59.5. The summed E-state index contributed by atoms with van der Waals surface area (Å²) in [7, 11) is 1.32. The second-order valence-corrected chi connectivity index (χ2v) is 9.15. The van der Waals surface area contributed by atoms with E-state index in [1.54, 1.807) is 6.92 Å². The summed E-state index contributed by atoms with van der Waals surface area (Å²) in [5.41, 5.74) is -3.03. The van der Waals surface area contributed by atoms with Crippen molar-refractivity contribution in [2.75, 3.05) is 33.5 Å². The van der Waals surface area contributed by atoms with Crippen molar-refractivity contribution in [3.05, 3.63) is 70.9 Å². The van der Waals surface area contributed by atoms with Crippen molar-refractivity contribution >= 4 is 5.91 Å². The molecular weight excluding hydrogens is 531 g/mol. The molecule has 4 rings (SSSR count). The van der Waals surface area contributed by atoms with E-state index in [-0.39, 0.29) is 48.5 Å². The molecule has 1 aromatic heterocycles. The largest absolute Gasteiger partial charge is 0.493 e. The number of aliphatic hydroxyl groups excluding tert-OH is 1. The fourth-order valence-electron chi connectivity index (χ4n) is 4.21. The molecule has 1 aliphatic heterocycles. The fourth-order valence-corrected chi connectivity index (χ4v) is 4.21. The van der Waals surface area contributed by atoms with Crippen LogP contribution >= 0.6 is 0 Å². The molecule has 2 aromatic carbocycles. The van der Waals surface area contributed by atoms with E-state index >= 15 is 0 Å². The van der Waals surface area contributed by atoms with Gasteiger partial charge in [-0.25, -0.2) is 4.98 Å². The zero-order valence-electron chi connectivity index (χ0n) is 21.6. The molecule has 0 saturated carbocycles. The first-order chi connectivity index (χ1) is 19.0. The summed E-state index contributed by atoms with van der Waals surface area (Å²) in [5.74, 6) is -0.521. The molecule has 3 aromatic rings. The number of amides is 1. The maximum absolute atomic E-state index is 14.4. The van der Waals surface area contributed by atoms with E-state index in [4.69, 9.17) is 24.6 Å². The molecule has 40 heavy (non-hydrogen) atoms. The fraction of sp³-hybridized carbons (Fsp3) is 0.321. The van der Waals surface area contributed by atoms with E-state index < -0.39 is 29.9 Å². The third-order valence-electron chi connectivity index (χ3n) is 6.47. The third kappa shape index (κ3) is 5.52. The molecule has 2 heterocycles. The lowest BCUT2D eigenvalue weighted by Crippen LogP contribution is -2.51. The Hall–Kier alpha value is -4.34. The summed E-state index contributed by atoms with van der Waals surface area (Å²) >= 11 is 0. The number of halogens is 3. The summed E-state index contributed by atoms with van der Waals surface area (Å²) in [6.45, 7) is 0.477. The van der Waals surface area contributed by atoms with Crippen molar-refractivity contribution in [1.82, 2.24) is 10.3 Å². The molecule has 1 amide bonds. The van der Waals surface area contributed by atoms with Gasteiger partial charge in [0.2, 0.25) is 5.60 Å². The number of rotatable bonds is 9. The number of fused-ring (bicyclic) bond motifs is 1. The van der Waals surface area contributed by atoms with Crippen LogP contribution in [-0.4, -0.2) is 60.8 Å². The van der Waals surface area contributed by atoms with Crippen molar-refractivity contribution in [1.29, 1.82) is 5.26 Å². The van der Waals surface area contributed by atoms with Gasteiger partial charge in [0.05, 0.1) is 44.2 Å². The van der Waals surface area contributed by atoms with Crippen LogP contribution in [0.5, 0.6) is 17.2 Å². The number of nitrogens with zero attached hydrogens (tertiary/aromatic N) is 2. The number of pyridine rings is 1. The first-order valence-electron chi connectivity index (χ1n) is 12.2. The lowest BCUT2D eigenvalue weighted by atomic mass is 9.92. The van der Waals surface area contributed by atoms with E-state index in [1.807, 2.05) is 6.07 Å². The maximum atomic E-state index is 14.4. The van der Waals surface area contributed by atoms with Crippen LogP contribution in [0.25, 0.3) is 11.3 Å². The standard InChI is InChI=1S/C28H26F3N3O6/c1-16-14-40-25-20(16)12-23(34-24(25)18-5-3-17(13-32)4-6-18)27(37,28(29,30)31)15-33-26(36)19-7-8-21(39-10-9-35)22(11-19)38-2/h3-8,11-12,16,35,37H,9-10,14-15H2,1-2H3,(H,33,36). The van der Waals surface area contributed by atoms with E-state index in [1.165, 1.54) is 49.6 Å². The van der Waals surface area contributed by atoms with E-state index in [2.05, 4.69) is 10.3 Å². The molecule has 1 aliphatic rings. The highest BCUT2D eigenvalue weighted by atomic mass is 19.4. The minimum absolute atomic E-state index is 0.0254. The topological polar surface area (TPSA) is 134 Å². The minimum Gasteiger partial charge on any atom is -0.493 e. The van der Waals surface area contributed by atoms with Crippen molar-refractivity contribution in [2.24, 2.45) is 0 Å². The van der Waals surface area contributed by atoms with Gasteiger partial charge in [-0.3, -0.25) is 4.79 Å². The molecule has 0 aliphatic carbocycles. The quantitative estimate of drug-likeness (QED) is 0.363. The van der Waals surface area contributed by atoms with E-state index in [9.17, 15) is 23.1 Å². The highest BCUT2D eigenvalue weighted by Gasteiger charge is 2.57. The van der Waals surface area contributed by atoms with Crippen molar-refractivity contribution < 1.29 is 42.4 Å². The van der Waals surface area contributed by atoms with Crippen molar-refractivity contribution in [3.8, 4) is 34.6 Å². The molecule has 0 bridgehead atoms. The molecule has 0 saturated heterocycles. The summed E-state index contributed by atoms with van der Waals surface area (Å²) in [4.78, 5) is 17.0. The Morgan fingerprint density at radius 1 is 1.20 bits per heavy atom. The molecule has 12 heteroatoms. The van der Waals surface area contributed by atoms with Gasteiger partial charge in [0.25, 0.3) is 5.91 Å². The molecule has 3 N–H and O–H groups in total. The average Bonchev–Trinajstić information content (AvgIpc) is 3.33. The van der Waals surface area contributed by atoms with E-state index in [0.29, 0.717) is 22.4 Å². The van der Waals surface area contributed by atoms with Crippen LogP contribution in [0.15, 0.2) is 48.5 Å². The van der Waals surface area contributed by atoms with Gasteiger partial charge in [0.1, 0.15) is 18.1 Å². The number of aliphatic hydroxyl groups is 2. The Bertz CT molecular complexity index is 1440. The second kappa shape index (κ2) is 11.4. The maximum Gasteiger partial charge on any atom is 0.424 e. The normalized spacial score (nSPS) is 15.8. The lowest BCUT2D eigenvalue weighted by molar-refractivity contribution is -0.265. The van der Waals surface area contributed by atoms with Crippen LogP contribution in [0.3, 0.4) is 0 Å². The van der Waals surface area contributed by atoms with Crippen LogP contribution < -0.4 is 19.5 Å². The van der Waals surface area contributed by atoms with Gasteiger partial charge >= 0.3 is 6.18 Å². The predicted molar refractivity (Wildman–Crippen MR) is 136 cm³/mol. The van der Waals surface area contributed by atoms with Gasteiger partial charge in [0.15, 0.2) is 11.5 Å². The minimum atomic E-state index is -5.22. The Morgan fingerprint density at radius 3 is 2.55 bits per heavy atom. The van der Waals surface area contributed by atoms with Gasteiger partial charge < -0.3 is 29.7 Å². The zero-order chi connectivity index (χ0) is 29.1. The number of hydrogen-bond acceptors (Lipinski definition) is 8. The Morgan fingerprint density at radius 2 is 1.93 bits per heavy atom. The number of aromatic nitrogens is 1. The number of carbonyl (C=O) groups is 1. The highest BCUT2D eigenvalue weighted by molar-refractivity contribution is 5.95. The molecular formula is C28H26F3N3O6. The summed E-state index contributed by atoms with van der Waals surface area (Å²) in [5, 5.41) is 31.3. The van der Waals surface area contributed by atoms with Gasteiger partial charge in [-0.1, -0.05) is 19.1 Å². The number of nitrogens with one attached hydrogen (secondary N) is 1. The number of ether oxygens (including phenoxy) is 3. The molecule has 0 fully saturated rings. The molecule has 0 radical (unpaired) electrons. The van der Waals surface area contributed by atoms with Gasteiger partial charge in [-0.15, -0.1) is 0 Å². The summed E-state index contributed by atoms with van der Waals surface area (Å²) in [6, 6.07) is 13.2. The van der Waals surface area contributed by atoms with Crippen LogP contribution in [0.4, 0.5) is 13.2 Å². The second-order valence-electron chi connectivity index (χ2n) is 9.15. The van der Waals surface area contributed by atoms with Crippen molar-refractivity contribution in [2.45, 2.75) is 24.6 Å². The number of hydrogen-bond donors (Lipinski definition) is 3. The molecule has 9 nitrogen and oxygen atoms in total. The van der Waals surface area contributed by atoms with Crippen LogP contribution in [0.2, 0.25) is 0 Å². The Labute approximate surface area is 227 Å². The Kier molecular flexibility index (Phi) is 8.18. The number of alkyl halides is 3. The molecule has 210 valence electrons. The number of carbonyl (C=O) groups excluding carboxylic acids is 1. The molecule has 2 unspecified atom stereocenters. The van der Waals surface area contributed by atoms with Gasteiger partial charge in [0, 0.05) is 22.6 Å². The molecule has 0 spiro atoms. The van der Waals surface area contributed by atoms with Gasteiger partial charge in [-0.05, 0) is 36.4 Å². The highest BCUT2D eigenvalue weighted by Crippen LogP contribution is 2.45. The predicted octanol–water partition coefficient (Wildman–Crippen LogP) is 3.68. The first kappa shape index (κ1) is 28.7. The zero-order valence-corrected chi connectivity index (χ0v) is 21.6. The number of methoxy groups -OCH3 is 1. The summed E-state index contributed by atoms with van der Waals surface area (Å²) in [6.07, 6.45) is -5.22. The monoisotopic (exact) mass is 557 g/mol. The van der Waals surface area contributed by atoms with Crippen LogP contribution in [0, 0.1) is 11.3 Å². The smallest absolute Gasteiger partial charge is 0.424 e. The number of nitriles is 1. The van der Waals surface area contributed by atoms with Crippen LogP contribution in [0.1, 0.15) is 40.0 Å². The van der Waals surface area contributed by atoms with Gasteiger partial charge in [-0.2, -0.15) is 18.4 Å². The average molecular weight is 558 g/mol.